The Kier molecular flexibility index (Phi) is 2.37. The van der Waals surface area contributed by atoms with Gasteiger partial charge in [0.15, 0.2) is 0 Å². The first-order chi connectivity index (χ1) is 7.20. The molecule has 2 N–H and O–H groups in total. The number of aromatic nitrogens is 1. The molecular weight excluding hydrogens is 202 g/mol. The molecule has 1 aromatic heterocycles. The van der Waals surface area contributed by atoms with Gasteiger partial charge in [-0.05, 0) is 5.56 Å². The molecule has 78 valence electrons. The van der Waals surface area contributed by atoms with Crippen molar-refractivity contribution < 1.29 is 13.3 Å². The van der Waals surface area contributed by atoms with Crippen LogP contribution in [0.3, 0.4) is 0 Å². The molecule has 0 saturated heterocycles. The fraction of sp³-hybridized carbons (Fsp3) is 0.100. The van der Waals surface area contributed by atoms with Crippen molar-refractivity contribution in [3.8, 4) is 11.1 Å². The second-order valence-corrected chi connectivity index (χ2v) is 2.99. The van der Waals surface area contributed by atoms with Gasteiger partial charge in [0.1, 0.15) is 0 Å². The third kappa shape index (κ3) is 1.68. The summed E-state index contributed by atoms with van der Waals surface area (Å²) in [4.78, 5) is 0. The topological polar surface area (TPSA) is 52.0 Å². The lowest BCUT2D eigenvalue weighted by atomic mass is 10.0. The van der Waals surface area contributed by atoms with Crippen LogP contribution in [-0.4, -0.2) is 5.16 Å². The molecule has 0 atom stereocenters. The predicted octanol–water partition coefficient (Wildman–Crippen LogP) is 2.86. The van der Waals surface area contributed by atoms with Gasteiger partial charge < -0.3 is 10.3 Å². The molecule has 1 heterocycles. The zero-order valence-electron chi connectivity index (χ0n) is 7.65. The normalized spacial score (nSPS) is 10.9. The van der Waals surface area contributed by atoms with Gasteiger partial charge in [0.2, 0.25) is 5.88 Å². The quantitative estimate of drug-likeness (QED) is 0.829. The van der Waals surface area contributed by atoms with E-state index in [1.807, 2.05) is 0 Å². The zero-order valence-corrected chi connectivity index (χ0v) is 7.65. The van der Waals surface area contributed by atoms with E-state index in [1.54, 1.807) is 18.2 Å². The number of nitrogens with two attached hydrogens (primary N) is 1. The summed E-state index contributed by atoms with van der Waals surface area (Å²) in [5, 5.41) is 3.45. The minimum atomic E-state index is -2.55. The van der Waals surface area contributed by atoms with Gasteiger partial charge in [-0.3, -0.25) is 0 Å². The van der Waals surface area contributed by atoms with Crippen LogP contribution in [-0.2, 0) is 0 Å². The number of rotatable bonds is 2. The predicted molar refractivity (Wildman–Crippen MR) is 51.3 cm³/mol. The highest BCUT2D eigenvalue weighted by molar-refractivity contribution is 5.74. The van der Waals surface area contributed by atoms with Gasteiger partial charge in [0, 0.05) is 5.56 Å². The zero-order chi connectivity index (χ0) is 10.8. The number of alkyl halides is 2. The molecule has 2 rings (SSSR count). The van der Waals surface area contributed by atoms with E-state index in [0.717, 1.165) is 0 Å². The number of benzene rings is 1. The van der Waals surface area contributed by atoms with Crippen molar-refractivity contribution in [3.05, 3.63) is 36.0 Å². The van der Waals surface area contributed by atoms with Gasteiger partial charge in [0.05, 0.1) is 11.8 Å². The van der Waals surface area contributed by atoms with Crippen LogP contribution in [0.2, 0.25) is 0 Å². The van der Waals surface area contributed by atoms with Crippen molar-refractivity contribution >= 4 is 5.88 Å². The molecule has 0 bridgehead atoms. The van der Waals surface area contributed by atoms with E-state index in [-0.39, 0.29) is 11.4 Å². The SMILES string of the molecule is Nc1oncc1-c1ccccc1C(F)F. The van der Waals surface area contributed by atoms with E-state index < -0.39 is 6.43 Å². The Morgan fingerprint density at radius 1 is 1.20 bits per heavy atom. The van der Waals surface area contributed by atoms with Crippen LogP contribution in [0.25, 0.3) is 11.1 Å². The van der Waals surface area contributed by atoms with Crippen molar-refractivity contribution in [2.24, 2.45) is 0 Å². The van der Waals surface area contributed by atoms with Crippen molar-refractivity contribution in [2.45, 2.75) is 6.43 Å². The summed E-state index contributed by atoms with van der Waals surface area (Å²) in [5.41, 5.74) is 6.14. The van der Waals surface area contributed by atoms with Crippen LogP contribution in [0, 0.1) is 0 Å². The monoisotopic (exact) mass is 210 g/mol. The second kappa shape index (κ2) is 3.68. The minimum Gasteiger partial charge on any atom is -0.367 e. The van der Waals surface area contributed by atoms with Crippen molar-refractivity contribution in [1.82, 2.24) is 5.16 Å². The summed E-state index contributed by atoms with van der Waals surface area (Å²) in [6.45, 7) is 0. The molecule has 0 aliphatic heterocycles. The van der Waals surface area contributed by atoms with Gasteiger partial charge in [-0.25, -0.2) is 8.78 Å². The maximum atomic E-state index is 12.7. The van der Waals surface area contributed by atoms with Crippen LogP contribution < -0.4 is 5.73 Å². The van der Waals surface area contributed by atoms with Crippen molar-refractivity contribution in [3.63, 3.8) is 0 Å². The Hall–Kier alpha value is -1.91. The summed E-state index contributed by atoms with van der Waals surface area (Å²) in [6.07, 6.45) is -1.22. The van der Waals surface area contributed by atoms with Gasteiger partial charge in [-0.2, -0.15) is 0 Å². The molecule has 0 unspecified atom stereocenters. The number of halogens is 2. The Morgan fingerprint density at radius 2 is 1.93 bits per heavy atom. The minimum absolute atomic E-state index is 0.0445. The van der Waals surface area contributed by atoms with E-state index in [9.17, 15) is 8.78 Å². The van der Waals surface area contributed by atoms with E-state index in [0.29, 0.717) is 11.1 Å². The summed E-state index contributed by atoms with van der Waals surface area (Å²) in [5.74, 6) is 0.0445. The lowest BCUT2D eigenvalue weighted by Crippen LogP contribution is -1.91. The average molecular weight is 210 g/mol. The highest BCUT2D eigenvalue weighted by Gasteiger charge is 2.16. The van der Waals surface area contributed by atoms with E-state index in [2.05, 4.69) is 9.68 Å². The van der Waals surface area contributed by atoms with Crippen LogP contribution in [0.1, 0.15) is 12.0 Å². The number of nitrogens with zero attached hydrogens (tertiary/aromatic N) is 1. The molecule has 0 aliphatic rings. The second-order valence-electron chi connectivity index (χ2n) is 2.99. The first-order valence-corrected chi connectivity index (χ1v) is 4.27. The van der Waals surface area contributed by atoms with Crippen molar-refractivity contribution in [2.75, 3.05) is 5.73 Å². The molecule has 5 heteroatoms. The molecule has 0 aliphatic carbocycles. The molecular formula is C10H8F2N2O. The molecule has 0 saturated carbocycles. The smallest absolute Gasteiger partial charge is 0.264 e. The fourth-order valence-corrected chi connectivity index (χ4v) is 1.38. The van der Waals surface area contributed by atoms with Crippen LogP contribution in [0.15, 0.2) is 35.0 Å². The Morgan fingerprint density at radius 3 is 2.53 bits per heavy atom. The lowest BCUT2D eigenvalue weighted by molar-refractivity contribution is 0.152. The molecule has 2 aromatic rings. The largest absolute Gasteiger partial charge is 0.367 e. The number of hydrogen-bond donors (Lipinski definition) is 1. The van der Waals surface area contributed by atoms with Crippen LogP contribution in [0.4, 0.5) is 14.7 Å². The molecule has 0 radical (unpaired) electrons. The van der Waals surface area contributed by atoms with Gasteiger partial charge in [-0.1, -0.05) is 29.4 Å². The summed E-state index contributed by atoms with van der Waals surface area (Å²) in [7, 11) is 0. The van der Waals surface area contributed by atoms with Gasteiger partial charge in [-0.15, -0.1) is 0 Å². The number of anilines is 1. The van der Waals surface area contributed by atoms with Gasteiger partial charge >= 0.3 is 0 Å². The molecule has 0 fully saturated rings. The van der Waals surface area contributed by atoms with Crippen LogP contribution >= 0.6 is 0 Å². The summed E-state index contributed by atoms with van der Waals surface area (Å²) in [6, 6.07) is 6.12. The maximum Gasteiger partial charge on any atom is 0.264 e. The van der Waals surface area contributed by atoms with E-state index in [4.69, 9.17) is 5.73 Å². The van der Waals surface area contributed by atoms with Crippen molar-refractivity contribution in [1.29, 1.82) is 0 Å². The maximum absolute atomic E-state index is 12.7. The highest BCUT2D eigenvalue weighted by Crippen LogP contribution is 2.33. The molecule has 0 amide bonds. The molecule has 3 nitrogen and oxygen atoms in total. The molecule has 15 heavy (non-hydrogen) atoms. The first kappa shape index (κ1) is 9.64. The van der Waals surface area contributed by atoms with Crippen LogP contribution in [0.5, 0.6) is 0 Å². The fourth-order valence-electron chi connectivity index (χ4n) is 1.38. The average Bonchev–Trinajstić information content (AvgIpc) is 2.64. The van der Waals surface area contributed by atoms with Gasteiger partial charge in [0.25, 0.3) is 6.43 Å². The highest BCUT2D eigenvalue weighted by atomic mass is 19.3. The standard InChI is InChI=1S/C10H8F2N2O/c11-9(12)7-4-2-1-3-6(7)8-5-14-15-10(8)13/h1-5,9H,13H2. The summed E-state index contributed by atoms with van der Waals surface area (Å²) >= 11 is 0. The van der Waals surface area contributed by atoms with E-state index in [1.165, 1.54) is 12.3 Å². The molecule has 1 aromatic carbocycles. The molecule has 0 spiro atoms. The Balaban J connectivity index is 2.58. The number of nitrogen functional groups attached to an aromatic ring is 1. The third-order valence-corrected chi connectivity index (χ3v) is 2.08. The Labute approximate surface area is 84.5 Å². The van der Waals surface area contributed by atoms with E-state index >= 15 is 0 Å². The lowest BCUT2D eigenvalue weighted by Gasteiger charge is -2.06. The third-order valence-electron chi connectivity index (χ3n) is 2.08. The number of hydrogen-bond acceptors (Lipinski definition) is 3. The summed E-state index contributed by atoms with van der Waals surface area (Å²) < 4.78 is 30.0. The first-order valence-electron chi connectivity index (χ1n) is 4.27. The Bertz CT molecular complexity index is 468.